The largest absolute Gasteiger partial charge is 0.450 e. The Hall–Kier alpha value is -1.71. The number of ether oxygens (including phenoxy) is 1. The summed E-state index contributed by atoms with van der Waals surface area (Å²) in [4.78, 5) is 37.6. The zero-order valence-electron chi connectivity index (χ0n) is 19.3. The Kier molecular flexibility index (Phi) is 4.95. The van der Waals surface area contributed by atoms with Crippen molar-refractivity contribution in [2.24, 2.45) is 34.5 Å². The van der Waals surface area contributed by atoms with Gasteiger partial charge in [0.25, 0.3) is 0 Å². The number of hydrogen-bond donors (Lipinski definition) is 0. The third-order valence-corrected chi connectivity index (χ3v) is 9.65. The molecule has 0 radical (unpaired) electrons. The van der Waals surface area contributed by atoms with Crippen LogP contribution in [0.1, 0.15) is 80.1 Å². The molecule has 164 valence electrons. The van der Waals surface area contributed by atoms with E-state index in [0.29, 0.717) is 42.9 Å². The molecule has 4 nitrogen and oxygen atoms in total. The van der Waals surface area contributed by atoms with Crippen molar-refractivity contribution in [3.05, 3.63) is 23.3 Å². The van der Waals surface area contributed by atoms with Crippen molar-refractivity contribution in [1.29, 1.82) is 0 Å². The van der Waals surface area contributed by atoms with Crippen LogP contribution in [0.2, 0.25) is 0 Å². The SMILES string of the molecule is CCC(=O)OC1(C(C)=O)CCC2C3C=C(C)C4=CC(=O)CC(C)C4(C)C3CCC21C. The molecule has 4 aliphatic carbocycles. The molecule has 0 aromatic carbocycles. The van der Waals surface area contributed by atoms with E-state index in [1.807, 2.05) is 6.08 Å². The topological polar surface area (TPSA) is 60.4 Å². The number of allylic oxidation sites excluding steroid dienone is 4. The van der Waals surface area contributed by atoms with Gasteiger partial charge in [0.2, 0.25) is 0 Å². The molecule has 7 atom stereocenters. The highest BCUT2D eigenvalue weighted by atomic mass is 16.6. The molecule has 4 aliphatic rings. The number of carbonyl (C=O) groups is 3. The molecular formula is C26H36O4. The Morgan fingerprint density at radius 3 is 2.47 bits per heavy atom. The van der Waals surface area contributed by atoms with E-state index >= 15 is 0 Å². The maximum atomic E-state index is 12.9. The minimum Gasteiger partial charge on any atom is -0.450 e. The molecule has 0 aromatic rings. The molecule has 0 aromatic heterocycles. The quantitative estimate of drug-likeness (QED) is 0.597. The van der Waals surface area contributed by atoms with Gasteiger partial charge < -0.3 is 4.74 Å². The Bertz CT molecular complexity index is 866. The van der Waals surface area contributed by atoms with Gasteiger partial charge in [0.05, 0.1) is 0 Å². The summed E-state index contributed by atoms with van der Waals surface area (Å²) < 4.78 is 5.99. The van der Waals surface area contributed by atoms with E-state index < -0.39 is 5.60 Å². The highest BCUT2D eigenvalue weighted by molar-refractivity contribution is 5.93. The zero-order chi connectivity index (χ0) is 22.1. The van der Waals surface area contributed by atoms with Crippen LogP contribution in [0.25, 0.3) is 0 Å². The first-order valence-corrected chi connectivity index (χ1v) is 11.7. The summed E-state index contributed by atoms with van der Waals surface area (Å²) in [6.07, 6.45) is 8.58. The maximum Gasteiger partial charge on any atom is 0.306 e. The van der Waals surface area contributed by atoms with Crippen molar-refractivity contribution in [2.45, 2.75) is 85.7 Å². The molecule has 2 fully saturated rings. The van der Waals surface area contributed by atoms with Crippen LogP contribution in [0.3, 0.4) is 0 Å². The van der Waals surface area contributed by atoms with Gasteiger partial charge in [-0.2, -0.15) is 0 Å². The summed E-state index contributed by atoms with van der Waals surface area (Å²) in [5.41, 5.74) is 1.09. The fourth-order valence-corrected chi connectivity index (χ4v) is 7.85. The van der Waals surface area contributed by atoms with Gasteiger partial charge >= 0.3 is 5.97 Å². The highest BCUT2D eigenvalue weighted by Crippen LogP contribution is 2.68. The third kappa shape index (κ3) is 2.61. The third-order valence-electron chi connectivity index (χ3n) is 9.65. The Morgan fingerprint density at radius 2 is 1.83 bits per heavy atom. The van der Waals surface area contributed by atoms with Crippen LogP contribution in [0.5, 0.6) is 0 Å². The number of carbonyl (C=O) groups excluding carboxylic acids is 3. The van der Waals surface area contributed by atoms with E-state index in [0.717, 1.165) is 19.3 Å². The van der Waals surface area contributed by atoms with E-state index in [2.05, 4.69) is 33.8 Å². The van der Waals surface area contributed by atoms with E-state index in [1.165, 1.54) is 11.1 Å². The van der Waals surface area contributed by atoms with Gasteiger partial charge in [0, 0.05) is 18.3 Å². The zero-order valence-corrected chi connectivity index (χ0v) is 19.3. The number of ketones is 2. The molecule has 0 N–H and O–H groups in total. The lowest BCUT2D eigenvalue weighted by Gasteiger charge is -2.59. The van der Waals surface area contributed by atoms with Gasteiger partial charge in [-0.1, -0.05) is 39.3 Å². The Morgan fingerprint density at radius 1 is 1.17 bits per heavy atom. The Balaban J connectivity index is 1.79. The van der Waals surface area contributed by atoms with Gasteiger partial charge in [-0.15, -0.1) is 0 Å². The van der Waals surface area contributed by atoms with Crippen molar-refractivity contribution in [3.63, 3.8) is 0 Å². The second kappa shape index (κ2) is 6.90. The van der Waals surface area contributed by atoms with Crippen LogP contribution in [0, 0.1) is 34.5 Å². The van der Waals surface area contributed by atoms with Gasteiger partial charge in [0.1, 0.15) is 0 Å². The molecule has 0 bridgehead atoms. The predicted molar refractivity (Wildman–Crippen MR) is 116 cm³/mol. The molecule has 4 heteroatoms. The summed E-state index contributed by atoms with van der Waals surface area (Å²) in [6, 6.07) is 0. The van der Waals surface area contributed by atoms with Gasteiger partial charge in [-0.3, -0.25) is 14.4 Å². The molecule has 0 saturated heterocycles. The minimum atomic E-state index is -0.997. The first-order chi connectivity index (χ1) is 14.0. The summed E-state index contributed by atoms with van der Waals surface area (Å²) in [5.74, 6) is 1.38. The number of hydrogen-bond acceptors (Lipinski definition) is 4. The van der Waals surface area contributed by atoms with Gasteiger partial charge in [-0.05, 0) is 80.3 Å². The molecule has 30 heavy (non-hydrogen) atoms. The summed E-state index contributed by atoms with van der Waals surface area (Å²) >= 11 is 0. The molecule has 0 aliphatic heterocycles. The normalized spacial score (nSPS) is 44.9. The van der Waals surface area contributed by atoms with E-state index in [4.69, 9.17) is 4.74 Å². The lowest BCUT2D eigenvalue weighted by atomic mass is 9.45. The van der Waals surface area contributed by atoms with Crippen molar-refractivity contribution in [3.8, 4) is 0 Å². The fraction of sp³-hybridized carbons (Fsp3) is 0.731. The summed E-state index contributed by atoms with van der Waals surface area (Å²) in [6.45, 7) is 12.3. The first kappa shape index (κ1) is 21.5. The lowest BCUT2D eigenvalue weighted by molar-refractivity contribution is -0.187. The van der Waals surface area contributed by atoms with E-state index in [9.17, 15) is 14.4 Å². The van der Waals surface area contributed by atoms with E-state index in [-0.39, 0.29) is 28.4 Å². The second-order valence-corrected chi connectivity index (χ2v) is 10.8. The van der Waals surface area contributed by atoms with Crippen LogP contribution < -0.4 is 0 Å². The average Bonchev–Trinajstić information content (AvgIpc) is 2.97. The van der Waals surface area contributed by atoms with Crippen molar-refractivity contribution >= 4 is 17.5 Å². The number of esters is 1. The van der Waals surface area contributed by atoms with Crippen LogP contribution in [-0.4, -0.2) is 23.1 Å². The van der Waals surface area contributed by atoms with Crippen LogP contribution in [-0.2, 0) is 19.1 Å². The van der Waals surface area contributed by atoms with Gasteiger partial charge in [-0.25, -0.2) is 0 Å². The molecule has 0 spiro atoms. The molecular weight excluding hydrogens is 376 g/mol. The highest BCUT2D eigenvalue weighted by Gasteiger charge is 2.68. The Labute approximate surface area is 180 Å². The predicted octanol–water partition coefficient (Wildman–Crippen LogP) is 5.21. The van der Waals surface area contributed by atoms with Crippen LogP contribution >= 0.6 is 0 Å². The van der Waals surface area contributed by atoms with Crippen molar-refractivity contribution < 1.29 is 19.1 Å². The van der Waals surface area contributed by atoms with E-state index in [1.54, 1.807) is 13.8 Å². The molecule has 7 unspecified atom stereocenters. The molecule has 4 rings (SSSR count). The lowest BCUT2D eigenvalue weighted by Crippen LogP contribution is -2.59. The standard InChI is InChI=1S/C26H36O4/c1-7-23(29)30-26(17(4)27)11-9-20-19-12-15(2)22-14-18(28)13-16(3)25(22,6)21(19)8-10-24(20,26)5/h12,14,16,19-21H,7-11,13H2,1-6H3. The molecule has 0 heterocycles. The summed E-state index contributed by atoms with van der Waals surface area (Å²) in [7, 11) is 0. The smallest absolute Gasteiger partial charge is 0.306 e. The first-order valence-electron chi connectivity index (χ1n) is 11.7. The average molecular weight is 413 g/mol. The molecule has 0 amide bonds. The van der Waals surface area contributed by atoms with Gasteiger partial charge in [0.15, 0.2) is 17.2 Å². The second-order valence-electron chi connectivity index (χ2n) is 10.8. The monoisotopic (exact) mass is 412 g/mol. The molecule has 2 saturated carbocycles. The summed E-state index contributed by atoms with van der Waals surface area (Å²) in [5, 5.41) is 0. The van der Waals surface area contributed by atoms with Crippen LogP contribution in [0.15, 0.2) is 23.3 Å². The van der Waals surface area contributed by atoms with Crippen molar-refractivity contribution in [2.75, 3.05) is 0 Å². The van der Waals surface area contributed by atoms with Crippen LogP contribution in [0.4, 0.5) is 0 Å². The minimum absolute atomic E-state index is 0.00677. The maximum absolute atomic E-state index is 12.9. The fourth-order valence-electron chi connectivity index (χ4n) is 7.85. The van der Waals surface area contributed by atoms with Crippen molar-refractivity contribution in [1.82, 2.24) is 0 Å². The number of rotatable bonds is 3. The number of fused-ring (bicyclic) bond motifs is 5. The number of Topliss-reactive ketones (excluding diaryl/α,β-unsaturated/α-hetero) is 1.